The smallest absolute Gasteiger partial charge is 0.253 e. The molecule has 1 aliphatic heterocycles. The highest BCUT2D eigenvalue weighted by atomic mass is 16.2. The largest absolute Gasteiger partial charge is 0.388 e. The molecule has 1 fully saturated rings. The number of rotatable bonds is 4. The molecular formula is C21H25N5O. The summed E-state index contributed by atoms with van der Waals surface area (Å²) in [6.07, 6.45) is 0.850. The van der Waals surface area contributed by atoms with Gasteiger partial charge >= 0.3 is 0 Å². The number of nitrogens with one attached hydrogen (secondary N) is 2. The van der Waals surface area contributed by atoms with Crippen molar-refractivity contribution in [3.8, 4) is 0 Å². The van der Waals surface area contributed by atoms with Crippen LogP contribution in [0.3, 0.4) is 0 Å². The van der Waals surface area contributed by atoms with Crippen LogP contribution in [0.2, 0.25) is 0 Å². The van der Waals surface area contributed by atoms with Gasteiger partial charge in [-0.1, -0.05) is 18.2 Å². The molecule has 0 radical (unpaired) electrons. The SMILES string of the molecule is C=N/C(=N\c1ccccc1C)N[C@@H]1CCN(C(=O)c2ccc(NC)cc2)C1. The highest BCUT2D eigenvalue weighted by Crippen LogP contribution is 2.19. The van der Waals surface area contributed by atoms with Crippen LogP contribution < -0.4 is 10.6 Å². The molecule has 0 aromatic heterocycles. The average Bonchev–Trinajstić information content (AvgIpc) is 3.17. The number of carbonyl (C=O) groups is 1. The molecule has 1 atom stereocenters. The van der Waals surface area contributed by atoms with Gasteiger partial charge in [-0.2, -0.15) is 0 Å². The summed E-state index contributed by atoms with van der Waals surface area (Å²) in [6, 6.07) is 15.5. The quantitative estimate of drug-likeness (QED) is 0.647. The molecule has 6 nitrogen and oxygen atoms in total. The maximum atomic E-state index is 12.7. The number of aryl methyl sites for hydroxylation is 1. The second-order valence-corrected chi connectivity index (χ2v) is 6.59. The summed E-state index contributed by atoms with van der Waals surface area (Å²) in [7, 11) is 1.86. The minimum Gasteiger partial charge on any atom is -0.388 e. The van der Waals surface area contributed by atoms with E-state index >= 15 is 0 Å². The summed E-state index contributed by atoms with van der Waals surface area (Å²) in [6.45, 7) is 6.95. The van der Waals surface area contributed by atoms with Gasteiger partial charge in [0.25, 0.3) is 5.91 Å². The highest BCUT2D eigenvalue weighted by Gasteiger charge is 2.27. The van der Waals surface area contributed by atoms with Gasteiger partial charge in [-0.25, -0.2) is 9.98 Å². The molecule has 1 heterocycles. The van der Waals surface area contributed by atoms with Gasteiger partial charge in [0.15, 0.2) is 0 Å². The lowest BCUT2D eigenvalue weighted by Crippen LogP contribution is -2.37. The zero-order valence-corrected chi connectivity index (χ0v) is 15.8. The van der Waals surface area contributed by atoms with Gasteiger partial charge in [-0.3, -0.25) is 4.79 Å². The van der Waals surface area contributed by atoms with Gasteiger partial charge in [0.05, 0.1) is 5.69 Å². The van der Waals surface area contributed by atoms with Crippen LogP contribution in [0.25, 0.3) is 0 Å². The van der Waals surface area contributed by atoms with Crippen LogP contribution in [-0.4, -0.2) is 49.7 Å². The van der Waals surface area contributed by atoms with Crippen LogP contribution in [0.5, 0.6) is 0 Å². The fourth-order valence-electron chi connectivity index (χ4n) is 3.12. The number of carbonyl (C=O) groups excluding carboxylic acids is 1. The van der Waals surface area contributed by atoms with Gasteiger partial charge in [-0.15, -0.1) is 0 Å². The molecule has 0 aliphatic carbocycles. The Morgan fingerprint density at radius 2 is 1.93 bits per heavy atom. The molecule has 2 aromatic carbocycles. The zero-order chi connectivity index (χ0) is 19.2. The summed E-state index contributed by atoms with van der Waals surface area (Å²) >= 11 is 0. The number of amides is 1. The number of benzene rings is 2. The van der Waals surface area contributed by atoms with E-state index in [0.29, 0.717) is 24.6 Å². The first kappa shape index (κ1) is 18.6. The fraction of sp³-hybridized carbons (Fsp3) is 0.286. The van der Waals surface area contributed by atoms with Crippen molar-refractivity contribution in [3.63, 3.8) is 0 Å². The zero-order valence-electron chi connectivity index (χ0n) is 15.8. The first-order valence-corrected chi connectivity index (χ1v) is 9.05. The first-order valence-electron chi connectivity index (χ1n) is 9.05. The Morgan fingerprint density at radius 3 is 2.59 bits per heavy atom. The lowest BCUT2D eigenvalue weighted by molar-refractivity contribution is 0.0790. The minimum atomic E-state index is 0.0471. The molecule has 1 saturated heterocycles. The number of aliphatic imine (C=N–C) groups is 2. The highest BCUT2D eigenvalue weighted by molar-refractivity contribution is 5.95. The first-order chi connectivity index (χ1) is 13.1. The number of para-hydroxylation sites is 1. The van der Waals surface area contributed by atoms with E-state index in [4.69, 9.17) is 0 Å². The van der Waals surface area contributed by atoms with Crippen molar-refractivity contribution in [1.29, 1.82) is 0 Å². The van der Waals surface area contributed by atoms with Crippen LogP contribution in [0.1, 0.15) is 22.3 Å². The predicted octanol–water partition coefficient (Wildman–Crippen LogP) is 3.23. The van der Waals surface area contributed by atoms with Gasteiger partial charge < -0.3 is 15.5 Å². The molecule has 3 rings (SSSR count). The van der Waals surface area contributed by atoms with Crippen LogP contribution in [-0.2, 0) is 0 Å². The Hall–Kier alpha value is -3.15. The van der Waals surface area contributed by atoms with E-state index in [1.54, 1.807) is 0 Å². The second-order valence-electron chi connectivity index (χ2n) is 6.59. The van der Waals surface area contributed by atoms with Crippen LogP contribution in [0.15, 0.2) is 58.5 Å². The van der Waals surface area contributed by atoms with Crippen LogP contribution >= 0.6 is 0 Å². The summed E-state index contributed by atoms with van der Waals surface area (Å²) in [5, 5.41) is 6.37. The summed E-state index contributed by atoms with van der Waals surface area (Å²) in [5.74, 6) is 0.535. The van der Waals surface area contributed by atoms with Crippen LogP contribution in [0, 0.1) is 6.92 Å². The molecular weight excluding hydrogens is 338 g/mol. The lowest BCUT2D eigenvalue weighted by atomic mass is 10.2. The van der Waals surface area contributed by atoms with E-state index < -0.39 is 0 Å². The standard InChI is InChI=1S/C21H25N5O/c1-15-6-4-5-7-19(15)25-21(23-3)24-18-12-13-26(14-18)20(27)16-8-10-17(22-2)11-9-16/h4-11,18,22H,3,12-14H2,1-2H3,(H,24,25)/t18-/m1/s1. The molecule has 0 saturated carbocycles. The van der Waals surface area contributed by atoms with Crippen molar-refractivity contribution in [2.24, 2.45) is 9.98 Å². The number of nitrogens with zero attached hydrogens (tertiary/aromatic N) is 3. The van der Waals surface area contributed by atoms with Crippen molar-refractivity contribution < 1.29 is 4.79 Å². The normalized spacial score (nSPS) is 16.9. The second kappa shape index (κ2) is 8.49. The third-order valence-corrected chi connectivity index (χ3v) is 4.72. The molecule has 6 heteroatoms. The molecule has 2 N–H and O–H groups in total. The number of likely N-dealkylation sites (tertiary alicyclic amines) is 1. The monoisotopic (exact) mass is 363 g/mol. The summed E-state index contributed by atoms with van der Waals surface area (Å²) < 4.78 is 0. The number of hydrogen-bond acceptors (Lipinski definition) is 3. The van der Waals surface area contributed by atoms with Crippen molar-refractivity contribution in [2.75, 3.05) is 25.5 Å². The number of guanidine groups is 1. The number of hydrogen-bond donors (Lipinski definition) is 2. The maximum Gasteiger partial charge on any atom is 0.253 e. The van der Waals surface area contributed by atoms with E-state index in [0.717, 1.165) is 23.4 Å². The van der Waals surface area contributed by atoms with Crippen molar-refractivity contribution in [2.45, 2.75) is 19.4 Å². The summed E-state index contributed by atoms with van der Waals surface area (Å²) in [5.41, 5.74) is 3.63. The van der Waals surface area contributed by atoms with E-state index in [1.165, 1.54) is 0 Å². The van der Waals surface area contributed by atoms with Crippen molar-refractivity contribution in [1.82, 2.24) is 10.2 Å². The third-order valence-electron chi connectivity index (χ3n) is 4.72. The molecule has 1 amide bonds. The molecule has 1 aliphatic rings. The maximum absolute atomic E-state index is 12.7. The fourth-order valence-corrected chi connectivity index (χ4v) is 3.12. The van der Waals surface area contributed by atoms with Gasteiger partial charge in [0, 0.05) is 37.4 Å². The topological polar surface area (TPSA) is 69.1 Å². The van der Waals surface area contributed by atoms with Crippen molar-refractivity contribution >= 4 is 30.0 Å². The Labute approximate surface area is 160 Å². The van der Waals surface area contributed by atoms with Gasteiger partial charge in [0.2, 0.25) is 5.96 Å². The Balaban J connectivity index is 1.63. The Kier molecular flexibility index (Phi) is 5.86. The van der Waals surface area contributed by atoms with Gasteiger partial charge in [-0.05, 0) is 56.0 Å². The molecule has 2 aromatic rings. The van der Waals surface area contributed by atoms with E-state index in [2.05, 4.69) is 27.3 Å². The van der Waals surface area contributed by atoms with E-state index in [1.807, 2.05) is 67.4 Å². The molecule has 0 unspecified atom stereocenters. The van der Waals surface area contributed by atoms with Gasteiger partial charge in [0.1, 0.15) is 0 Å². The third kappa shape index (κ3) is 4.53. The predicted molar refractivity (Wildman–Crippen MR) is 111 cm³/mol. The molecule has 27 heavy (non-hydrogen) atoms. The average molecular weight is 363 g/mol. The summed E-state index contributed by atoms with van der Waals surface area (Å²) in [4.78, 5) is 23.1. The van der Waals surface area contributed by atoms with Crippen LogP contribution in [0.4, 0.5) is 11.4 Å². The lowest BCUT2D eigenvalue weighted by Gasteiger charge is -2.17. The molecule has 140 valence electrons. The van der Waals surface area contributed by atoms with Crippen molar-refractivity contribution in [3.05, 3.63) is 59.7 Å². The molecule has 0 spiro atoms. The Morgan fingerprint density at radius 1 is 1.19 bits per heavy atom. The van der Waals surface area contributed by atoms with E-state index in [-0.39, 0.29) is 11.9 Å². The minimum absolute atomic E-state index is 0.0471. The molecule has 0 bridgehead atoms. The number of anilines is 1. The Bertz CT molecular complexity index is 844. The van der Waals surface area contributed by atoms with E-state index in [9.17, 15) is 4.79 Å².